The maximum atomic E-state index is 11.6. The molecule has 1 rings (SSSR count). The van der Waals surface area contributed by atoms with Crippen LogP contribution in [0.15, 0.2) is 0 Å². The van der Waals surface area contributed by atoms with Crippen molar-refractivity contribution in [2.45, 2.75) is 19.4 Å². The summed E-state index contributed by atoms with van der Waals surface area (Å²) in [6.07, 6.45) is 0. The van der Waals surface area contributed by atoms with Crippen LogP contribution in [0, 0.1) is 5.21 Å². The Balaban J connectivity index is 2.94. The summed E-state index contributed by atoms with van der Waals surface area (Å²) in [6.45, 7) is 4.63. The van der Waals surface area contributed by atoms with Gasteiger partial charge in [-0.3, -0.25) is 9.55 Å². The van der Waals surface area contributed by atoms with Crippen molar-refractivity contribution in [3.8, 4) is 0 Å². The van der Waals surface area contributed by atoms with Gasteiger partial charge >= 0.3 is 5.91 Å². The lowest BCUT2D eigenvalue weighted by Crippen LogP contribution is -2.66. The van der Waals surface area contributed by atoms with Crippen molar-refractivity contribution in [1.82, 2.24) is 4.90 Å². The molecule has 1 heterocycles. The summed E-state index contributed by atoms with van der Waals surface area (Å²) in [4.78, 5) is 13.5. The summed E-state index contributed by atoms with van der Waals surface area (Å²) >= 11 is 0. The van der Waals surface area contributed by atoms with Crippen LogP contribution in [0.5, 0.6) is 0 Å². The van der Waals surface area contributed by atoms with Crippen molar-refractivity contribution in [3.63, 3.8) is 0 Å². The van der Waals surface area contributed by atoms with E-state index in [4.69, 9.17) is 0 Å². The van der Waals surface area contributed by atoms with Crippen molar-refractivity contribution < 1.29 is 9.44 Å². The van der Waals surface area contributed by atoms with Gasteiger partial charge in [0.05, 0.1) is 13.6 Å². The number of hydrogen-bond donors (Lipinski definition) is 0. The number of carbonyl (C=O) groups is 1. The minimum Gasteiger partial charge on any atom is -0.625 e. The van der Waals surface area contributed by atoms with E-state index < -0.39 is 10.2 Å². The third-order valence-corrected chi connectivity index (χ3v) is 2.77. The van der Waals surface area contributed by atoms with Crippen LogP contribution < -0.4 is 0 Å². The van der Waals surface area contributed by atoms with E-state index in [-0.39, 0.29) is 5.91 Å². The lowest BCUT2D eigenvalue weighted by Gasteiger charge is -2.49. The molecule has 0 aliphatic carbocycles. The molecule has 0 aromatic carbocycles. The van der Waals surface area contributed by atoms with Crippen LogP contribution in [0.25, 0.3) is 0 Å². The van der Waals surface area contributed by atoms with E-state index in [1.54, 1.807) is 13.8 Å². The Bertz CT molecular complexity index is 211. The largest absolute Gasteiger partial charge is 0.625 e. The number of hydroxylamine groups is 3. The van der Waals surface area contributed by atoms with E-state index in [0.29, 0.717) is 13.1 Å². The Morgan fingerprint density at radius 3 is 2.50 bits per heavy atom. The number of quaternary nitrogens is 1. The zero-order valence-corrected chi connectivity index (χ0v) is 8.13. The van der Waals surface area contributed by atoms with Crippen molar-refractivity contribution in [2.24, 2.45) is 0 Å². The number of nitrogens with zero attached hydrogens (tertiary/aromatic N) is 2. The zero-order valence-electron chi connectivity index (χ0n) is 8.13. The molecular weight excluding hydrogens is 156 g/mol. The summed E-state index contributed by atoms with van der Waals surface area (Å²) < 4.78 is -0.739. The van der Waals surface area contributed by atoms with E-state index >= 15 is 0 Å². The standard InChI is InChI=1S/C8H16N2O2/c1-8(2)7(11)10(4,12)6-5-9(8)3/h5-6H2,1-4H3. The van der Waals surface area contributed by atoms with Gasteiger partial charge in [0.2, 0.25) is 0 Å². The number of likely N-dealkylation sites (N-methyl/N-ethyl adjacent to an activating group) is 2. The molecule has 0 aromatic heterocycles. The summed E-state index contributed by atoms with van der Waals surface area (Å²) in [5.41, 5.74) is -0.616. The molecule has 0 aromatic rings. The number of carbonyl (C=O) groups excluding carboxylic acids is 1. The minimum absolute atomic E-state index is 0.253. The SMILES string of the molecule is CN1CC[N+](C)([O-])C(=O)C1(C)C. The van der Waals surface area contributed by atoms with E-state index in [1.165, 1.54) is 7.05 Å². The first kappa shape index (κ1) is 9.64. The van der Waals surface area contributed by atoms with Gasteiger partial charge in [-0.2, -0.15) is 0 Å². The lowest BCUT2D eigenvalue weighted by molar-refractivity contribution is -0.790. The molecule has 1 amide bonds. The molecule has 1 atom stereocenters. The molecule has 0 spiro atoms. The van der Waals surface area contributed by atoms with E-state index in [0.717, 1.165) is 0 Å². The van der Waals surface area contributed by atoms with Gasteiger partial charge in [0.1, 0.15) is 5.54 Å². The highest BCUT2D eigenvalue weighted by atomic mass is 16.6. The van der Waals surface area contributed by atoms with Gasteiger partial charge in [0.25, 0.3) is 0 Å². The lowest BCUT2D eigenvalue weighted by atomic mass is 9.98. The van der Waals surface area contributed by atoms with Gasteiger partial charge in [-0.1, -0.05) is 0 Å². The van der Waals surface area contributed by atoms with Gasteiger partial charge in [-0.15, -0.1) is 0 Å². The summed E-state index contributed by atoms with van der Waals surface area (Å²) in [6, 6.07) is 0. The average Bonchev–Trinajstić information content (AvgIpc) is 1.96. The van der Waals surface area contributed by atoms with Crippen LogP contribution in [0.3, 0.4) is 0 Å². The molecule has 0 saturated carbocycles. The maximum absolute atomic E-state index is 11.6. The molecule has 4 heteroatoms. The first-order valence-electron chi connectivity index (χ1n) is 4.11. The molecule has 0 radical (unpaired) electrons. The zero-order chi connectivity index (χ0) is 9.57. The van der Waals surface area contributed by atoms with Crippen LogP contribution in [0.1, 0.15) is 13.8 Å². The molecular formula is C8H16N2O2. The third kappa shape index (κ3) is 1.26. The van der Waals surface area contributed by atoms with Gasteiger partial charge in [0.15, 0.2) is 0 Å². The Labute approximate surface area is 72.9 Å². The first-order chi connectivity index (χ1) is 5.28. The molecule has 1 unspecified atom stereocenters. The van der Waals surface area contributed by atoms with E-state index in [2.05, 4.69) is 0 Å². The molecule has 1 aliphatic heterocycles. The quantitative estimate of drug-likeness (QED) is 0.387. The van der Waals surface area contributed by atoms with Crippen molar-refractivity contribution in [2.75, 3.05) is 27.2 Å². The number of hydrogen-bond acceptors (Lipinski definition) is 3. The summed E-state index contributed by atoms with van der Waals surface area (Å²) in [5.74, 6) is -0.253. The fourth-order valence-electron chi connectivity index (χ4n) is 1.46. The minimum atomic E-state index is -0.739. The predicted molar refractivity (Wildman–Crippen MR) is 46.1 cm³/mol. The Morgan fingerprint density at radius 1 is 1.58 bits per heavy atom. The van der Waals surface area contributed by atoms with Gasteiger partial charge < -0.3 is 5.21 Å². The monoisotopic (exact) mass is 172 g/mol. The van der Waals surface area contributed by atoms with E-state index in [9.17, 15) is 10.0 Å². The smallest absolute Gasteiger partial charge is 0.333 e. The topological polar surface area (TPSA) is 43.4 Å². The predicted octanol–water partition coefficient (Wildman–Crippen LogP) is 0.181. The van der Waals surface area contributed by atoms with Crippen molar-refractivity contribution in [1.29, 1.82) is 0 Å². The second kappa shape index (κ2) is 2.52. The average molecular weight is 172 g/mol. The highest BCUT2D eigenvalue weighted by Gasteiger charge is 2.45. The van der Waals surface area contributed by atoms with E-state index in [1.807, 2.05) is 11.9 Å². The van der Waals surface area contributed by atoms with Gasteiger partial charge in [0, 0.05) is 6.54 Å². The fraction of sp³-hybridized carbons (Fsp3) is 0.875. The Kier molecular flexibility index (Phi) is 2.02. The second-order valence-electron chi connectivity index (χ2n) is 4.11. The molecule has 0 bridgehead atoms. The number of amides is 1. The molecule has 4 nitrogen and oxygen atoms in total. The molecule has 0 N–H and O–H groups in total. The second-order valence-corrected chi connectivity index (χ2v) is 4.11. The summed E-state index contributed by atoms with van der Waals surface area (Å²) in [5, 5.41) is 11.6. The maximum Gasteiger partial charge on any atom is 0.333 e. The summed E-state index contributed by atoms with van der Waals surface area (Å²) in [7, 11) is 3.30. The van der Waals surface area contributed by atoms with Crippen LogP contribution >= 0.6 is 0 Å². The van der Waals surface area contributed by atoms with Crippen LogP contribution in [-0.2, 0) is 4.79 Å². The molecule has 70 valence electrons. The third-order valence-electron chi connectivity index (χ3n) is 2.77. The normalized spacial score (nSPS) is 36.9. The highest BCUT2D eigenvalue weighted by Crippen LogP contribution is 2.23. The molecule has 1 fully saturated rings. The van der Waals surface area contributed by atoms with Crippen LogP contribution in [-0.4, -0.2) is 48.2 Å². The molecule has 1 saturated heterocycles. The van der Waals surface area contributed by atoms with Crippen LogP contribution in [0.2, 0.25) is 0 Å². The van der Waals surface area contributed by atoms with Crippen molar-refractivity contribution in [3.05, 3.63) is 5.21 Å². The highest BCUT2D eigenvalue weighted by molar-refractivity contribution is 5.80. The van der Waals surface area contributed by atoms with Crippen molar-refractivity contribution >= 4 is 5.91 Å². The molecule has 1 aliphatic rings. The number of piperazine rings is 1. The fourth-order valence-corrected chi connectivity index (χ4v) is 1.46. The number of rotatable bonds is 0. The van der Waals surface area contributed by atoms with Crippen LogP contribution in [0.4, 0.5) is 0 Å². The molecule has 12 heavy (non-hydrogen) atoms. The Hall–Kier alpha value is -0.450. The first-order valence-corrected chi connectivity index (χ1v) is 4.11. The van der Waals surface area contributed by atoms with Gasteiger partial charge in [-0.05, 0) is 20.9 Å². The Morgan fingerprint density at radius 2 is 2.08 bits per heavy atom. The van der Waals surface area contributed by atoms with Gasteiger partial charge in [-0.25, -0.2) is 4.79 Å².